The topological polar surface area (TPSA) is 99.0 Å². The Morgan fingerprint density at radius 2 is 2.00 bits per heavy atom. The van der Waals surface area contributed by atoms with Crippen LogP contribution < -0.4 is 0 Å². The number of nitrogens with zero attached hydrogens (tertiary/aromatic N) is 2. The molecule has 1 fully saturated rings. The molecule has 8 nitrogen and oxygen atoms in total. The number of likely N-dealkylation sites (tertiary alicyclic amines) is 1. The molecule has 0 bridgehead atoms. The van der Waals surface area contributed by atoms with Crippen LogP contribution in [0.1, 0.15) is 23.3 Å². The molecule has 1 aliphatic rings. The van der Waals surface area contributed by atoms with E-state index in [1.54, 1.807) is 11.3 Å². The molecular formula is C19H20N2O6S. The number of rotatable bonds is 7. The van der Waals surface area contributed by atoms with E-state index < -0.39 is 23.0 Å². The normalized spacial score (nSPS) is 16.0. The quantitative estimate of drug-likeness (QED) is 0.398. The highest BCUT2D eigenvalue weighted by Gasteiger charge is 2.36. The van der Waals surface area contributed by atoms with Crippen molar-refractivity contribution in [1.29, 1.82) is 0 Å². The highest BCUT2D eigenvalue weighted by atomic mass is 32.1. The van der Waals surface area contributed by atoms with Gasteiger partial charge in [0.25, 0.3) is 5.69 Å². The van der Waals surface area contributed by atoms with Crippen LogP contribution in [-0.2, 0) is 27.3 Å². The number of amides is 1. The molecule has 1 aromatic heterocycles. The number of hydrogen-bond donors (Lipinski definition) is 0. The van der Waals surface area contributed by atoms with Gasteiger partial charge < -0.3 is 9.47 Å². The van der Waals surface area contributed by atoms with Crippen molar-refractivity contribution in [2.75, 3.05) is 13.2 Å². The first-order chi connectivity index (χ1) is 13.5. The van der Waals surface area contributed by atoms with E-state index in [4.69, 9.17) is 9.47 Å². The Kier molecular flexibility index (Phi) is 6.59. The van der Waals surface area contributed by atoms with Gasteiger partial charge in [-0.3, -0.25) is 15.0 Å². The predicted molar refractivity (Wildman–Crippen MR) is 102 cm³/mol. The molecule has 0 aliphatic carbocycles. The monoisotopic (exact) mass is 404 g/mol. The third kappa shape index (κ3) is 5.07. The second-order valence-electron chi connectivity index (χ2n) is 6.33. The maximum atomic E-state index is 12.4. The van der Waals surface area contributed by atoms with E-state index in [1.165, 1.54) is 29.2 Å². The highest BCUT2D eigenvalue weighted by molar-refractivity contribution is 7.09. The second-order valence-corrected chi connectivity index (χ2v) is 7.36. The van der Waals surface area contributed by atoms with E-state index >= 15 is 0 Å². The summed E-state index contributed by atoms with van der Waals surface area (Å²) in [7, 11) is 0. The Bertz CT molecular complexity index is 821. The summed E-state index contributed by atoms with van der Waals surface area (Å²) in [5, 5.41) is 12.6. The molecular weight excluding hydrogens is 384 g/mol. The van der Waals surface area contributed by atoms with E-state index in [0.29, 0.717) is 31.4 Å². The standard InChI is InChI=1S/C19H20N2O6S/c22-18(27-13-14-5-7-15(8-6-14)21(24)25)17-4-1-10-20(17)19(23)26-11-9-16-3-2-12-28-16/h2-3,5-8,12,17H,1,4,9-11,13H2. The molecule has 28 heavy (non-hydrogen) atoms. The van der Waals surface area contributed by atoms with Crippen molar-refractivity contribution in [3.05, 3.63) is 62.3 Å². The number of esters is 1. The van der Waals surface area contributed by atoms with Crippen LogP contribution in [0, 0.1) is 10.1 Å². The van der Waals surface area contributed by atoms with Crippen LogP contribution >= 0.6 is 11.3 Å². The van der Waals surface area contributed by atoms with Gasteiger partial charge in [-0.2, -0.15) is 0 Å². The Morgan fingerprint density at radius 1 is 1.21 bits per heavy atom. The minimum Gasteiger partial charge on any atom is -0.459 e. The number of benzene rings is 1. The fourth-order valence-electron chi connectivity index (χ4n) is 2.97. The average Bonchev–Trinajstić information content (AvgIpc) is 3.38. The van der Waals surface area contributed by atoms with E-state index in [9.17, 15) is 19.7 Å². The molecule has 1 amide bonds. The Balaban J connectivity index is 1.47. The molecule has 2 aromatic rings. The Hall–Kier alpha value is -2.94. The third-order valence-corrected chi connectivity index (χ3v) is 5.38. The molecule has 0 saturated carbocycles. The van der Waals surface area contributed by atoms with Crippen molar-refractivity contribution < 1.29 is 24.0 Å². The van der Waals surface area contributed by atoms with Gasteiger partial charge in [0.1, 0.15) is 12.6 Å². The zero-order chi connectivity index (χ0) is 19.9. The van der Waals surface area contributed by atoms with E-state index in [0.717, 1.165) is 4.88 Å². The molecule has 1 aliphatic heterocycles. The fraction of sp³-hybridized carbons (Fsp3) is 0.368. The molecule has 1 saturated heterocycles. The van der Waals surface area contributed by atoms with Gasteiger partial charge in [0.05, 0.1) is 11.5 Å². The summed E-state index contributed by atoms with van der Waals surface area (Å²) >= 11 is 1.60. The third-order valence-electron chi connectivity index (χ3n) is 4.44. The molecule has 0 N–H and O–H groups in total. The fourth-order valence-corrected chi connectivity index (χ4v) is 3.66. The first-order valence-electron chi connectivity index (χ1n) is 8.90. The number of carbonyl (C=O) groups excluding carboxylic acids is 2. The van der Waals surface area contributed by atoms with Crippen molar-refractivity contribution in [1.82, 2.24) is 4.90 Å². The van der Waals surface area contributed by atoms with Gasteiger partial charge in [0.2, 0.25) is 0 Å². The van der Waals surface area contributed by atoms with Crippen LogP contribution in [0.4, 0.5) is 10.5 Å². The van der Waals surface area contributed by atoms with Crippen LogP contribution in [-0.4, -0.2) is 41.1 Å². The van der Waals surface area contributed by atoms with Crippen molar-refractivity contribution in [3.8, 4) is 0 Å². The zero-order valence-electron chi connectivity index (χ0n) is 15.1. The summed E-state index contributed by atoms with van der Waals surface area (Å²) in [6.07, 6.45) is 1.37. The lowest BCUT2D eigenvalue weighted by Gasteiger charge is -2.22. The van der Waals surface area contributed by atoms with Crippen LogP contribution in [0.3, 0.4) is 0 Å². The van der Waals surface area contributed by atoms with Crippen molar-refractivity contribution in [3.63, 3.8) is 0 Å². The molecule has 2 heterocycles. The maximum absolute atomic E-state index is 12.4. The van der Waals surface area contributed by atoms with Crippen LogP contribution in [0.5, 0.6) is 0 Å². The van der Waals surface area contributed by atoms with E-state index in [1.807, 2.05) is 17.5 Å². The molecule has 0 spiro atoms. The lowest BCUT2D eigenvalue weighted by Crippen LogP contribution is -2.41. The summed E-state index contributed by atoms with van der Waals surface area (Å²) < 4.78 is 10.6. The minimum atomic E-state index is -0.660. The number of non-ortho nitro benzene ring substituents is 1. The smallest absolute Gasteiger partial charge is 0.410 e. The molecule has 148 valence electrons. The van der Waals surface area contributed by atoms with Crippen LogP contribution in [0.25, 0.3) is 0 Å². The molecule has 1 unspecified atom stereocenters. The average molecular weight is 404 g/mol. The summed E-state index contributed by atoms with van der Waals surface area (Å²) in [5.41, 5.74) is 0.615. The van der Waals surface area contributed by atoms with E-state index in [-0.39, 0.29) is 18.9 Å². The Labute approximate surface area is 165 Å². The van der Waals surface area contributed by atoms with Crippen molar-refractivity contribution in [2.24, 2.45) is 0 Å². The van der Waals surface area contributed by atoms with Crippen molar-refractivity contribution in [2.45, 2.75) is 31.9 Å². The number of thiophene rings is 1. The molecule has 0 radical (unpaired) electrons. The maximum Gasteiger partial charge on any atom is 0.410 e. The lowest BCUT2D eigenvalue weighted by atomic mass is 10.2. The number of nitro groups is 1. The van der Waals surface area contributed by atoms with Gasteiger partial charge in [-0.15, -0.1) is 11.3 Å². The molecule has 1 aromatic carbocycles. The molecule has 1 atom stereocenters. The summed E-state index contributed by atoms with van der Waals surface area (Å²) in [4.78, 5) is 37.4. The SMILES string of the molecule is O=C(OCc1ccc([N+](=O)[O-])cc1)C1CCCN1C(=O)OCCc1cccs1. The number of nitro benzene ring substituents is 1. The van der Waals surface area contributed by atoms with Crippen LogP contribution in [0.15, 0.2) is 41.8 Å². The van der Waals surface area contributed by atoms with Gasteiger partial charge in [-0.1, -0.05) is 6.07 Å². The van der Waals surface area contributed by atoms with E-state index in [2.05, 4.69) is 0 Å². The number of hydrogen-bond acceptors (Lipinski definition) is 7. The van der Waals surface area contributed by atoms with Gasteiger partial charge in [-0.05, 0) is 42.0 Å². The minimum absolute atomic E-state index is 0.00536. The molecule has 3 rings (SSSR count). The largest absolute Gasteiger partial charge is 0.459 e. The summed E-state index contributed by atoms with van der Waals surface area (Å²) in [6.45, 7) is 0.712. The number of carbonyl (C=O) groups is 2. The lowest BCUT2D eigenvalue weighted by molar-refractivity contribution is -0.384. The van der Waals surface area contributed by atoms with Gasteiger partial charge >= 0.3 is 12.1 Å². The second kappa shape index (κ2) is 9.32. The first-order valence-corrected chi connectivity index (χ1v) is 9.78. The first kappa shape index (κ1) is 19.8. The zero-order valence-corrected chi connectivity index (χ0v) is 15.9. The van der Waals surface area contributed by atoms with Gasteiger partial charge in [-0.25, -0.2) is 9.59 Å². The van der Waals surface area contributed by atoms with Crippen molar-refractivity contribution >= 4 is 29.1 Å². The highest BCUT2D eigenvalue weighted by Crippen LogP contribution is 2.21. The summed E-state index contributed by atoms with van der Waals surface area (Å²) in [6, 6.07) is 9.05. The number of ether oxygens (including phenoxy) is 2. The van der Waals surface area contributed by atoms with Gasteiger partial charge in [0, 0.05) is 30.0 Å². The molecule has 9 heteroatoms. The van der Waals surface area contributed by atoms with Crippen LogP contribution in [0.2, 0.25) is 0 Å². The Morgan fingerprint density at radius 3 is 2.68 bits per heavy atom. The predicted octanol–water partition coefficient (Wildman–Crippen LogP) is 3.54. The summed E-state index contributed by atoms with van der Waals surface area (Å²) in [5.74, 6) is -0.494. The van der Waals surface area contributed by atoms with Gasteiger partial charge in [0.15, 0.2) is 0 Å².